The Kier molecular flexibility index (Phi) is 10.2. The summed E-state index contributed by atoms with van der Waals surface area (Å²) < 4.78 is 19.0. The number of aliphatic imine (C=N–C) groups is 4. The summed E-state index contributed by atoms with van der Waals surface area (Å²) in [5.74, 6) is 2.65. The molecule has 2 aliphatic rings. The smallest absolute Gasteiger partial charge is 0.159 e. The van der Waals surface area contributed by atoms with E-state index in [0.29, 0.717) is 17.5 Å². The fourth-order valence-electron chi connectivity index (χ4n) is 12.6. The molecule has 386 valence electrons. The van der Waals surface area contributed by atoms with Crippen LogP contribution < -0.4 is 10.6 Å². The summed E-state index contributed by atoms with van der Waals surface area (Å²) >= 11 is 0. The molecule has 15 aromatic rings. The number of amidine groups is 4. The Morgan fingerprint density at radius 1 is 0.341 bits per heavy atom. The summed E-state index contributed by atoms with van der Waals surface area (Å²) in [6.07, 6.45) is -1.06. The number of aromatic nitrogens is 2. The first-order valence-electron chi connectivity index (χ1n) is 27.6. The molecule has 2 N–H and O–H groups in total. The van der Waals surface area contributed by atoms with Crippen molar-refractivity contribution in [3.05, 3.63) is 288 Å². The third-order valence-electron chi connectivity index (χ3n) is 16.2. The molecule has 17 rings (SSSR count). The van der Waals surface area contributed by atoms with Crippen molar-refractivity contribution >= 4 is 111 Å². The van der Waals surface area contributed by atoms with Crippen LogP contribution in [0, 0.1) is 0 Å². The Morgan fingerprint density at radius 3 is 1.49 bits per heavy atom. The number of hydrogen-bond donors (Lipinski definition) is 2. The van der Waals surface area contributed by atoms with E-state index >= 15 is 0 Å². The maximum Gasteiger partial charge on any atom is 0.159 e. The number of furan rings is 2. The van der Waals surface area contributed by atoms with E-state index < -0.39 is 12.3 Å². The zero-order chi connectivity index (χ0) is 53.8. The van der Waals surface area contributed by atoms with E-state index in [4.69, 9.17) is 28.8 Å². The van der Waals surface area contributed by atoms with Gasteiger partial charge in [-0.3, -0.25) is 0 Å². The van der Waals surface area contributed by atoms with Crippen molar-refractivity contribution in [1.29, 1.82) is 0 Å². The minimum absolute atomic E-state index is 0.404. The summed E-state index contributed by atoms with van der Waals surface area (Å²) in [6, 6.07) is 88.4. The molecule has 2 aliphatic heterocycles. The van der Waals surface area contributed by atoms with E-state index in [9.17, 15) is 0 Å². The topological polar surface area (TPSA) is 110 Å². The van der Waals surface area contributed by atoms with E-state index in [2.05, 4.69) is 202 Å². The summed E-state index contributed by atoms with van der Waals surface area (Å²) in [5.41, 5.74) is 14.7. The lowest BCUT2D eigenvalue weighted by Crippen LogP contribution is -2.34. The number of hydrogen-bond acceptors (Lipinski definition) is 8. The second-order valence-corrected chi connectivity index (χ2v) is 20.9. The van der Waals surface area contributed by atoms with Crippen LogP contribution in [0.5, 0.6) is 0 Å². The number of benzene rings is 11. The van der Waals surface area contributed by atoms with Gasteiger partial charge in [-0.15, -0.1) is 0 Å². The van der Waals surface area contributed by atoms with Gasteiger partial charge in [0.1, 0.15) is 40.8 Å². The van der Waals surface area contributed by atoms with Crippen molar-refractivity contribution < 1.29 is 8.83 Å². The Bertz CT molecular complexity index is 5220. The molecule has 10 heteroatoms. The first-order valence-corrected chi connectivity index (χ1v) is 27.6. The van der Waals surface area contributed by atoms with Crippen LogP contribution in [-0.4, -0.2) is 32.5 Å². The van der Waals surface area contributed by atoms with Gasteiger partial charge < -0.3 is 28.6 Å². The highest BCUT2D eigenvalue weighted by Gasteiger charge is 2.32. The predicted molar refractivity (Wildman–Crippen MR) is 333 cm³/mol. The Hall–Kier alpha value is -11.1. The quantitative estimate of drug-likeness (QED) is 0.158. The minimum atomic E-state index is -0.656. The fraction of sp³-hybridized carbons (Fsp3) is 0.0278. The van der Waals surface area contributed by atoms with Crippen molar-refractivity contribution in [2.45, 2.75) is 12.3 Å². The maximum atomic E-state index is 7.28. The number of para-hydroxylation sites is 5. The van der Waals surface area contributed by atoms with Crippen molar-refractivity contribution in [1.82, 2.24) is 19.8 Å². The van der Waals surface area contributed by atoms with Crippen LogP contribution in [0.4, 0.5) is 0 Å². The van der Waals surface area contributed by atoms with Crippen LogP contribution in [0.1, 0.15) is 45.7 Å². The lowest BCUT2D eigenvalue weighted by Gasteiger charge is -2.27. The van der Waals surface area contributed by atoms with Crippen LogP contribution >= 0.6 is 0 Å². The van der Waals surface area contributed by atoms with Crippen LogP contribution in [0.3, 0.4) is 0 Å². The molecule has 82 heavy (non-hydrogen) atoms. The van der Waals surface area contributed by atoms with Gasteiger partial charge in [-0.25, -0.2) is 20.0 Å². The molecule has 2 atom stereocenters. The third-order valence-corrected chi connectivity index (χ3v) is 16.2. The first-order chi connectivity index (χ1) is 40.7. The van der Waals surface area contributed by atoms with Gasteiger partial charge in [-0.1, -0.05) is 206 Å². The Labute approximate surface area is 469 Å². The van der Waals surface area contributed by atoms with Crippen LogP contribution in [0.2, 0.25) is 0 Å². The van der Waals surface area contributed by atoms with Crippen molar-refractivity contribution in [3.63, 3.8) is 0 Å². The average Bonchev–Trinajstić information content (AvgIpc) is 1.65. The molecule has 0 fully saturated rings. The number of rotatable bonds is 8. The number of nitrogens with zero attached hydrogens (tertiary/aromatic N) is 6. The Morgan fingerprint density at radius 2 is 0.817 bits per heavy atom. The van der Waals surface area contributed by atoms with E-state index in [1.165, 1.54) is 0 Å². The molecular formula is C72H46N8O2. The molecule has 0 aliphatic carbocycles. The van der Waals surface area contributed by atoms with Gasteiger partial charge in [-0.05, 0) is 54.1 Å². The molecule has 6 heterocycles. The summed E-state index contributed by atoms with van der Waals surface area (Å²) in [4.78, 5) is 21.6. The van der Waals surface area contributed by atoms with E-state index in [1.807, 2.05) is 72.8 Å². The molecule has 4 aromatic heterocycles. The molecule has 0 spiro atoms. The maximum absolute atomic E-state index is 7.28. The SMILES string of the molecule is c1ccc(C2=NC(c3cc(C4=NC(c5ccccc5)NC(c5ccccc5)=N4)ccc3-n3c4ccccc4c4c5oc6ccccc6c5c5c(c6ccccc6n5-c5cccc6c5oc5ccccc56)c43)NC(c3ccccc3)=N2)cc1. The van der Waals surface area contributed by atoms with Crippen LogP contribution in [-0.2, 0) is 0 Å². The molecule has 0 saturated heterocycles. The number of nitrogens with one attached hydrogen (secondary N) is 2. The summed E-state index contributed by atoms with van der Waals surface area (Å²) in [6.45, 7) is 0. The van der Waals surface area contributed by atoms with Gasteiger partial charge in [0.05, 0.1) is 44.2 Å². The van der Waals surface area contributed by atoms with Gasteiger partial charge in [0, 0.05) is 60.1 Å². The highest BCUT2D eigenvalue weighted by Crippen LogP contribution is 2.51. The second kappa shape index (κ2) is 18.2. The molecule has 2 unspecified atom stereocenters. The standard InChI is InChI=1S/C72H46N8O2/c1-5-22-43(23-6-1)67-73-68(44-24-7-2-8-25-44)76-71(75-67)47-40-41-56(53(42-47)72-77-69(45-26-9-3-10-27-45)74-70(78-72)46-28-11-4-12-29-46)79-55-36-18-14-32-51(55)61-63(79)60-50-31-13-17-35-54(50)80(64(60)62-52-33-16-20-39-59(52)82-66(61)62)57-37-21-34-49-48-30-15-19-38-58(48)81-65(49)57/h1-42,67,72H,(H,73,75,76)(H,74,77,78). The lowest BCUT2D eigenvalue weighted by atomic mass is 10.0. The fourth-order valence-corrected chi connectivity index (χ4v) is 12.6. The minimum Gasteiger partial charge on any atom is -0.455 e. The van der Waals surface area contributed by atoms with Gasteiger partial charge in [-0.2, -0.15) is 0 Å². The lowest BCUT2D eigenvalue weighted by molar-refractivity contribution is 0.666. The molecule has 0 radical (unpaired) electrons. The largest absolute Gasteiger partial charge is 0.455 e. The highest BCUT2D eigenvalue weighted by molar-refractivity contribution is 6.39. The molecule has 11 aromatic carbocycles. The van der Waals surface area contributed by atoms with Gasteiger partial charge in [0.15, 0.2) is 17.3 Å². The first kappa shape index (κ1) is 45.9. The van der Waals surface area contributed by atoms with Gasteiger partial charge >= 0.3 is 0 Å². The molecule has 0 amide bonds. The molecular weight excluding hydrogens is 1010 g/mol. The Balaban J connectivity index is 1.01. The number of fused-ring (bicyclic) bond motifs is 15. The average molecular weight is 1060 g/mol. The third kappa shape index (κ3) is 7.07. The molecule has 10 nitrogen and oxygen atoms in total. The van der Waals surface area contributed by atoms with E-state index in [0.717, 1.165) is 138 Å². The van der Waals surface area contributed by atoms with Crippen LogP contribution in [0.15, 0.2) is 284 Å². The summed E-state index contributed by atoms with van der Waals surface area (Å²) in [5, 5.41) is 15.9. The van der Waals surface area contributed by atoms with E-state index in [1.54, 1.807) is 0 Å². The molecule has 0 bridgehead atoms. The van der Waals surface area contributed by atoms with Crippen LogP contribution in [0.25, 0.3) is 98.9 Å². The highest BCUT2D eigenvalue weighted by atomic mass is 16.3. The molecule has 0 saturated carbocycles. The van der Waals surface area contributed by atoms with E-state index in [-0.39, 0.29) is 0 Å². The zero-order valence-electron chi connectivity index (χ0n) is 43.9. The second-order valence-electron chi connectivity index (χ2n) is 20.9. The normalized spacial score (nSPS) is 15.6. The van der Waals surface area contributed by atoms with Crippen molar-refractivity contribution in [2.75, 3.05) is 0 Å². The predicted octanol–water partition coefficient (Wildman–Crippen LogP) is 16.7. The monoisotopic (exact) mass is 1050 g/mol. The zero-order valence-corrected chi connectivity index (χ0v) is 43.9. The van der Waals surface area contributed by atoms with Crippen molar-refractivity contribution in [3.8, 4) is 11.4 Å². The van der Waals surface area contributed by atoms with Gasteiger partial charge in [0.25, 0.3) is 0 Å². The van der Waals surface area contributed by atoms with Gasteiger partial charge in [0.2, 0.25) is 0 Å². The summed E-state index contributed by atoms with van der Waals surface area (Å²) in [7, 11) is 0. The van der Waals surface area contributed by atoms with Crippen molar-refractivity contribution in [2.24, 2.45) is 20.0 Å².